The van der Waals surface area contributed by atoms with E-state index < -0.39 is 0 Å². The largest absolute Gasteiger partial charge is 0.355 e. The first-order valence-electron chi connectivity index (χ1n) is 10.2. The minimum Gasteiger partial charge on any atom is -0.355 e. The van der Waals surface area contributed by atoms with Gasteiger partial charge in [0.15, 0.2) is 16.7 Å². The number of benzene rings is 1. The van der Waals surface area contributed by atoms with Gasteiger partial charge in [0.05, 0.1) is 17.1 Å². The fourth-order valence-corrected chi connectivity index (χ4v) is 5.08. The highest BCUT2D eigenvalue weighted by atomic mass is 35.5. The number of hydrogen-bond acceptors (Lipinski definition) is 6. The first-order valence-corrected chi connectivity index (χ1v) is 11.6. The molecule has 1 aliphatic rings. The fourth-order valence-electron chi connectivity index (χ4n) is 4.08. The lowest BCUT2D eigenvalue weighted by molar-refractivity contribution is 0.101. The maximum atomic E-state index is 12.9. The summed E-state index contributed by atoms with van der Waals surface area (Å²) in [6.45, 7) is 6.98. The second-order valence-corrected chi connectivity index (χ2v) is 9.06. The molecule has 1 N–H and O–H groups in total. The van der Waals surface area contributed by atoms with Gasteiger partial charge in [0, 0.05) is 29.4 Å². The molecular formula is C22H24ClN5O2S. The van der Waals surface area contributed by atoms with Crippen LogP contribution in [0.5, 0.6) is 0 Å². The second-order valence-electron chi connectivity index (χ2n) is 7.69. The average Bonchev–Trinajstić information content (AvgIpc) is 3.44. The quantitative estimate of drug-likeness (QED) is 0.411. The molecule has 1 fully saturated rings. The molecule has 162 valence electrons. The maximum Gasteiger partial charge on any atom is 0.232 e. The molecule has 0 aliphatic carbocycles. The summed E-state index contributed by atoms with van der Waals surface area (Å²) in [5, 5.41) is 10.1. The molecule has 0 atom stereocenters. The normalized spacial score (nSPS) is 13.7. The van der Waals surface area contributed by atoms with Gasteiger partial charge in [-0.05, 0) is 57.4 Å². The highest BCUT2D eigenvalue weighted by Crippen LogP contribution is 2.30. The number of ketones is 2. The van der Waals surface area contributed by atoms with Crippen LogP contribution in [-0.4, -0.2) is 50.2 Å². The maximum absolute atomic E-state index is 12.9. The lowest BCUT2D eigenvalue weighted by atomic mass is 10.1. The molecule has 2 aromatic heterocycles. The van der Waals surface area contributed by atoms with E-state index in [0.29, 0.717) is 27.0 Å². The molecule has 0 radical (unpaired) electrons. The van der Waals surface area contributed by atoms with Crippen LogP contribution in [0.3, 0.4) is 0 Å². The van der Waals surface area contributed by atoms with E-state index in [1.807, 2.05) is 35.8 Å². The van der Waals surface area contributed by atoms with Crippen LogP contribution in [0.25, 0.3) is 5.69 Å². The van der Waals surface area contributed by atoms with Gasteiger partial charge in [-0.3, -0.25) is 14.2 Å². The molecule has 31 heavy (non-hydrogen) atoms. The van der Waals surface area contributed by atoms with Gasteiger partial charge in [-0.15, -0.1) is 10.2 Å². The van der Waals surface area contributed by atoms with Crippen LogP contribution >= 0.6 is 23.4 Å². The number of aromatic nitrogens is 4. The SMILES string of the molecule is CC(=O)c1c(C)[nH]c(C(=O)CSc2nnc(N3CCCC3)n2-c2cccc(Cl)c2)c1C. The Bertz CT molecular complexity index is 1150. The van der Waals surface area contributed by atoms with Gasteiger partial charge < -0.3 is 9.88 Å². The molecule has 0 amide bonds. The lowest BCUT2D eigenvalue weighted by Crippen LogP contribution is -2.22. The van der Waals surface area contributed by atoms with Gasteiger partial charge in [-0.25, -0.2) is 0 Å². The number of aromatic amines is 1. The van der Waals surface area contributed by atoms with E-state index in [1.54, 1.807) is 6.92 Å². The predicted molar refractivity (Wildman–Crippen MR) is 123 cm³/mol. The van der Waals surface area contributed by atoms with Gasteiger partial charge in [0.2, 0.25) is 5.95 Å². The standard InChI is InChI=1S/C22H24ClN5O2S/c1-13-19(15(3)29)14(2)24-20(13)18(30)12-31-22-26-25-21(27-9-4-5-10-27)28(22)17-8-6-7-16(23)11-17/h6-8,11,24H,4-5,9-10,12H2,1-3H3. The first-order chi connectivity index (χ1) is 14.9. The molecule has 0 unspecified atom stereocenters. The number of nitrogens with zero attached hydrogens (tertiary/aromatic N) is 4. The van der Waals surface area contributed by atoms with Gasteiger partial charge in [0.25, 0.3) is 0 Å². The van der Waals surface area contributed by atoms with Crippen molar-refractivity contribution in [1.82, 2.24) is 19.7 Å². The summed E-state index contributed by atoms with van der Waals surface area (Å²) in [4.78, 5) is 30.1. The zero-order chi connectivity index (χ0) is 22.1. The van der Waals surface area contributed by atoms with Crippen molar-refractivity contribution >= 4 is 40.9 Å². The van der Waals surface area contributed by atoms with Crippen molar-refractivity contribution in [3.63, 3.8) is 0 Å². The van der Waals surface area contributed by atoms with Gasteiger partial charge in [0.1, 0.15) is 0 Å². The van der Waals surface area contributed by atoms with Crippen LogP contribution in [0, 0.1) is 13.8 Å². The number of anilines is 1. The van der Waals surface area contributed by atoms with E-state index in [1.165, 1.54) is 18.7 Å². The molecular weight excluding hydrogens is 434 g/mol. The molecule has 3 aromatic rings. The molecule has 0 bridgehead atoms. The number of carbonyl (C=O) groups is 2. The summed E-state index contributed by atoms with van der Waals surface area (Å²) >= 11 is 7.56. The Kier molecular flexibility index (Phi) is 6.20. The van der Waals surface area contributed by atoms with Gasteiger partial charge in [-0.2, -0.15) is 0 Å². The number of Topliss-reactive ketones (excluding diaryl/α,β-unsaturated/α-hetero) is 2. The molecule has 1 saturated heterocycles. The third kappa shape index (κ3) is 4.27. The number of nitrogens with one attached hydrogen (secondary N) is 1. The molecule has 9 heteroatoms. The smallest absolute Gasteiger partial charge is 0.232 e. The molecule has 3 heterocycles. The van der Waals surface area contributed by atoms with Crippen LogP contribution in [0.15, 0.2) is 29.4 Å². The van der Waals surface area contributed by atoms with Gasteiger partial charge >= 0.3 is 0 Å². The van der Waals surface area contributed by atoms with Crippen molar-refractivity contribution < 1.29 is 9.59 Å². The number of H-pyrrole nitrogens is 1. The summed E-state index contributed by atoms with van der Waals surface area (Å²) in [5.74, 6) is 0.812. The zero-order valence-electron chi connectivity index (χ0n) is 17.7. The minimum atomic E-state index is -0.0820. The Hall–Kier alpha value is -2.58. The number of thioether (sulfide) groups is 1. The molecule has 7 nitrogen and oxygen atoms in total. The highest BCUT2D eigenvalue weighted by molar-refractivity contribution is 7.99. The van der Waals surface area contributed by atoms with Crippen molar-refractivity contribution in [3.8, 4) is 5.69 Å². The minimum absolute atomic E-state index is 0.0473. The number of halogens is 1. The van der Waals surface area contributed by atoms with E-state index >= 15 is 0 Å². The predicted octanol–water partition coefficient (Wildman–Crippen LogP) is 4.64. The number of rotatable bonds is 7. The lowest BCUT2D eigenvalue weighted by Gasteiger charge is -2.18. The molecule has 0 spiro atoms. The van der Waals surface area contributed by atoms with Crippen LogP contribution in [-0.2, 0) is 0 Å². The summed E-state index contributed by atoms with van der Waals surface area (Å²) in [7, 11) is 0. The van der Waals surface area contributed by atoms with Gasteiger partial charge in [-0.1, -0.05) is 29.4 Å². The van der Waals surface area contributed by atoms with E-state index in [0.717, 1.165) is 43.3 Å². The Morgan fingerprint density at radius 3 is 2.58 bits per heavy atom. The van der Waals surface area contributed by atoms with Crippen LogP contribution in [0.4, 0.5) is 5.95 Å². The number of aryl methyl sites for hydroxylation is 1. The number of hydrogen-bond donors (Lipinski definition) is 1. The molecule has 1 aromatic carbocycles. The monoisotopic (exact) mass is 457 g/mol. The zero-order valence-corrected chi connectivity index (χ0v) is 19.3. The Morgan fingerprint density at radius 2 is 1.94 bits per heavy atom. The topological polar surface area (TPSA) is 83.9 Å². The van der Waals surface area contributed by atoms with E-state index in [4.69, 9.17) is 11.6 Å². The summed E-state index contributed by atoms with van der Waals surface area (Å²) in [5.41, 5.74) is 3.34. The second kappa shape index (κ2) is 8.88. The first kappa shape index (κ1) is 21.6. The fraction of sp³-hybridized carbons (Fsp3) is 0.364. The summed E-state index contributed by atoms with van der Waals surface area (Å²) < 4.78 is 1.96. The van der Waals surface area contributed by atoms with E-state index in [9.17, 15) is 9.59 Å². The van der Waals surface area contributed by atoms with Crippen molar-refractivity contribution in [2.24, 2.45) is 0 Å². The van der Waals surface area contributed by atoms with Crippen molar-refractivity contribution in [1.29, 1.82) is 0 Å². The number of carbonyl (C=O) groups excluding carboxylic acids is 2. The van der Waals surface area contributed by atoms with Crippen LogP contribution in [0.2, 0.25) is 5.02 Å². The van der Waals surface area contributed by atoms with E-state index in [-0.39, 0.29) is 17.3 Å². The Labute approximate surface area is 190 Å². The van der Waals surface area contributed by atoms with Crippen molar-refractivity contribution in [2.75, 3.05) is 23.7 Å². The van der Waals surface area contributed by atoms with Crippen molar-refractivity contribution in [3.05, 3.63) is 51.8 Å². The highest BCUT2D eigenvalue weighted by Gasteiger charge is 2.24. The van der Waals surface area contributed by atoms with Crippen LogP contribution < -0.4 is 4.90 Å². The Balaban J connectivity index is 1.62. The third-order valence-corrected chi connectivity index (χ3v) is 6.64. The molecule has 1 aliphatic heterocycles. The summed E-state index contributed by atoms with van der Waals surface area (Å²) in [6.07, 6.45) is 2.24. The van der Waals surface area contributed by atoms with Crippen molar-refractivity contribution in [2.45, 2.75) is 38.8 Å². The third-order valence-electron chi connectivity index (χ3n) is 5.47. The van der Waals surface area contributed by atoms with Crippen LogP contribution in [0.1, 0.15) is 51.9 Å². The molecule has 0 saturated carbocycles. The Morgan fingerprint density at radius 1 is 1.19 bits per heavy atom. The molecule has 4 rings (SSSR count). The average molecular weight is 458 g/mol. The van der Waals surface area contributed by atoms with E-state index in [2.05, 4.69) is 20.1 Å². The summed E-state index contributed by atoms with van der Waals surface area (Å²) in [6, 6.07) is 7.54.